The van der Waals surface area contributed by atoms with Crippen molar-refractivity contribution in [1.82, 2.24) is 0 Å². The topological polar surface area (TPSA) is 38.3 Å². The third-order valence-corrected chi connectivity index (χ3v) is 2.21. The Labute approximate surface area is 94.4 Å². The maximum atomic E-state index is 11.3. The fraction of sp³-hybridized carbons (Fsp3) is 0.364. The Hall–Kier alpha value is -1.22. The predicted octanol–water partition coefficient (Wildman–Crippen LogP) is 3.09. The molecule has 1 N–H and O–H groups in total. The molecule has 0 fully saturated rings. The molecule has 15 heavy (non-hydrogen) atoms. The molecule has 4 heteroatoms. The van der Waals surface area contributed by atoms with Crippen molar-refractivity contribution in [2.45, 2.75) is 19.8 Å². The summed E-state index contributed by atoms with van der Waals surface area (Å²) in [6.45, 7) is 1.96. The highest BCUT2D eigenvalue weighted by Crippen LogP contribution is 2.27. The summed E-state index contributed by atoms with van der Waals surface area (Å²) >= 11 is 5.91. The van der Waals surface area contributed by atoms with E-state index in [1.807, 2.05) is 6.92 Å². The molecule has 0 bridgehead atoms. The monoisotopic (exact) mass is 227 g/mol. The van der Waals surface area contributed by atoms with Gasteiger partial charge in [-0.05, 0) is 24.6 Å². The summed E-state index contributed by atoms with van der Waals surface area (Å²) in [5.41, 5.74) is 0.694. The number of rotatable bonds is 4. The molecule has 1 amide bonds. The molecule has 82 valence electrons. The number of amides is 1. The summed E-state index contributed by atoms with van der Waals surface area (Å²) in [4.78, 5) is 11.3. The maximum absolute atomic E-state index is 11.3. The number of ether oxygens (including phenoxy) is 1. The van der Waals surface area contributed by atoms with Crippen LogP contribution in [-0.2, 0) is 4.79 Å². The van der Waals surface area contributed by atoms with Crippen LogP contribution < -0.4 is 10.1 Å². The quantitative estimate of drug-likeness (QED) is 0.859. The van der Waals surface area contributed by atoms with Gasteiger partial charge in [0.2, 0.25) is 5.91 Å². The van der Waals surface area contributed by atoms with E-state index in [2.05, 4.69) is 5.32 Å². The van der Waals surface area contributed by atoms with Gasteiger partial charge in [0, 0.05) is 12.1 Å². The molecule has 0 spiro atoms. The van der Waals surface area contributed by atoms with Crippen molar-refractivity contribution in [3.63, 3.8) is 0 Å². The van der Waals surface area contributed by atoms with Gasteiger partial charge in [0.1, 0.15) is 5.75 Å². The van der Waals surface area contributed by atoms with Crippen molar-refractivity contribution in [2.24, 2.45) is 0 Å². The zero-order chi connectivity index (χ0) is 11.3. The summed E-state index contributed by atoms with van der Waals surface area (Å²) in [6.07, 6.45) is 1.35. The average Bonchev–Trinajstić information content (AvgIpc) is 2.18. The Kier molecular flexibility index (Phi) is 4.43. The van der Waals surface area contributed by atoms with Crippen LogP contribution in [-0.4, -0.2) is 13.0 Å². The third kappa shape index (κ3) is 3.44. The van der Waals surface area contributed by atoms with Crippen LogP contribution in [0.25, 0.3) is 0 Å². The summed E-state index contributed by atoms with van der Waals surface area (Å²) in [5.74, 6) is 0.601. The molecule has 0 unspecified atom stereocenters. The first-order chi connectivity index (χ1) is 7.17. The molecule has 1 aromatic carbocycles. The minimum atomic E-state index is -0.00117. The molecular weight excluding hydrogens is 214 g/mol. The Balaban J connectivity index is 2.71. The van der Waals surface area contributed by atoms with Crippen molar-refractivity contribution in [3.05, 3.63) is 23.2 Å². The van der Waals surface area contributed by atoms with Gasteiger partial charge in [-0.3, -0.25) is 4.79 Å². The molecule has 0 aromatic heterocycles. The molecular formula is C11H14ClNO2. The number of halogens is 1. The number of hydrogen-bond acceptors (Lipinski definition) is 2. The number of nitrogens with one attached hydrogen (secondary N) is 1. The van der Waals surface area contributed by atoms with Crippen molar-refractivity contribution in [1.29, 1.82) is 0 Å². The van der Waals surface area contributed by atoms with Crippen LogP contribution >= 0.6 is 11.6 Å². The number of benzene rings is 1. The van der Waals surface area contributed by atoms with E-state index in [0.717, 1.165) is 6.42 Å². The van der Waals surface area contributed by atoms with Gasteiger partial charge in [0.25, 0.3) is 0 Å². The van der Waals surface area contributed by atoms with Crippen molar-refractivity contribution in [3.8, 4) is 5.75 Å². The van der Waals surface area contributed by atoms with Gasteiger partial charge < -0.3 is 10.1 Å². The summed E-state index contributed by atoms with van der Waals surface area (Å²) in [6, 6.07) is 5.16. The number of carbonyl (C=O) groups is 1. The Morgan fingerprint density at radius 3 is 2.80 bits per heavy atom. The van der Waals surface area contributed by atoms with E-state index in [1.54, 1.807) is 25.3 Å². The summed E-state index contributed by atoms with van der Waals surface area (Å²) < 4.78 is 5.01. The first-order valence-electron chi connectivity index (χ1n) is 4.80. The average molecular weight is 228 g/mol. The van der Waals surface area contributed by atoms with Crippen LogP contribution in [0.2, 0.25) is 5.02 Å². The van der Waals surface area contributed by atoms with E-state index >= 15 is 0 Å². The first kappa shape index (κ1) is 11.9. The predicted molar refractivity (Wildman–Crippen MR) is 61.5 cm³/mol. The molecule has 0 aliphatic heterocycles. The molecule has 0 saturated carbocycles. The Bertz CT molecular complexity index is 352. The number of methoxy groups -OCH3 is 1. The highest BCUT2D eigenvalue weighted by Gasteiger charge is 2.04. The molecule has 0 aliphatic carbocycles. The molecule has 1 rings (SSSR count). The molecule has 3 nitrogen and oxygen atoms in total. The summed E-state index contributed by atoms with van der Waals surface area (Å²) in [7, 11) is 1.55. The fourth-order valence-corrected chi connectivity index (χ4v) is 1.45. The zero-order valence-electron chi connectivity index (χ0n) is 8.84. The highest BCUT2D eigenvalue weighted by atomic mass is 35.5. The van der Waals surface area contributed by atoms with Crippen LogP contribution in [0.4, 0.5) is 5.69 Å². The molecule has 1 aromatic rings. The number of hydrogen-bond donors (Lipinski definition) is 1. The van der Waals surface area contributed by atoms with Crippen molar-refractivity contribution in [2.75, 3.05) is 12.4 Å². The third-order valence-electron chi connectivity index (χ3n) is 1.91. The van der Waals surface area contributed by atoms with E-state index in [9.17, 15) is 4.79 Å². The first-order valence-corrected chi connectivity index (χ1v) is 5.18. The lowest BCUT2D eigenvalue weighted by Crippen LogP contribution is -2.10. The minimum absolute atomic E-state index is 0.00117. The standard InChI is InChI=1S/C11H14ClNO2/c1-3-4-11(14)13-8-5-6-10(15-2)9(12)7-8/h5-7H,3-4H2,1-2H3,(H,13,14). The van der Waals surface area contributed by atoms with Gasteiger partial charge in [-0.2, -0.15) is 0 Å². The molecule has 0 saturated heterocycles. The molecule has 0 atom stereocenters. The van der Waals surface area contributed by atoms with Gasteiger partial charge in [0.05, 0.1) is 12.1 Å². The highest BCUT2D eigenvalue weighted by molar-refractivity contribution is 6.32. The second-order valence-corrected chi connectivity index (χ2v) is 3.55. The number of carbonyl (C=O) groups excluding carboxylic acids is 1. The van der Waals surface area contributed by atoms with E-state index < -0.39 is 0 Å². The number of anilines is 1. The second kappa shape index (κ2) is 5.61. The Morgan fingerprint density at radius 1 is 1.53 bits per heavy atom. The van der Waals surface area contributed by atoms with Gasteiger partial charge in [-0.25, -0.2) is 0 Å². The SMILES string of the molecule is CCCC(=O)Nc1ccc(OC)c(Cl)c1. The molecule has 0 heterocycles. The lowest BCUT2D eigenvalue weighted by Gasteiger charge is -2.07. The van der Waals surface area contributed by atoms with Crippen molar-refractivity contribution < 1.29 is 9.53 Å². The van der Waals surface area contributed by atoms with E-state index in [4.69, 9.17) is 16.3 Å². The van der Waals surface area contributed by atoms with Gasteiger partial charge >= 0.3 is 0 Å². The second-order valence-electron chi connectivity index (χ2n) is 3.15. The van der Waals surface area contributed by atoms with E-state index in [-0.39, 0.29) is 5.91 Å². The van der Waals surface area contributed by atoms with Crippen LogP contribution in [0.5, 0.6) is 5.75 Å². The fourth-order valence-electron chi connectivity index (χ4n) is 1.19. The van der Waals surface area contributed by atoms with Crippen LogP contribution in [0.15, 0.2) is 18.2 Å². The Morgan fingerprint density at radius 2 is 2.27 bits per heavy atom. The zero-order valence-corrected chi connectivity index (χ0v) is 9.60. The molecule has 0 aliphatic rings. The maximum Gasteiger partial charge on any atom is 0.224 e. The minimum Gasteiger partial charge on any atom is -0.495 e. The largest absolute Gasteiger partial charge is 0.495 e. The van der Waals surface area contributed by atoms with Gasteiger partial charge in [-0.15, -0.1) is 0 Å². The summed E-state index contributed by atoms with van der Waals surface area (Å²) in [5, 5.41) is 3.25. The van der Waals surface area contributed by atoms with Crippen LogP contribution in [0.3, 0.4) is 0 Å². The smallest absolute Gasteiger partial charge is 0.224 e. The van der Waals surface area contributed by atoms with Gasteiger partial charge in [0.15, 0.2) is 0 Å². The molecule has 0 radical (unpaired) electrons. The lowest BCUT2D eigenvalue weighted by atomic mass is 10.2. The lowest BCUT2D eigenvalue weighted by molar-refractivity contribution is -0.116. The van der Waals surface area contributed by atoms with Crippen LogP contribution in [0, 0.1) is 0 Å². The van der Waals surface area contributed by atoms with Crippen LogP contribution in [0.1, 0.15) is 19.8 Å². The van der Waals surface area contributed by atoms with Crippen molar-refractivity contribution >= 4 is 23.2 Å². The van der Waals surface area contributed by atoms with E-state index in [0.29, 0.717) is 22.9 Å². The van der Waals surface area contributed by atoms with E-state index in [1.165, 1.54) is 0 Å². The normalized spacial score (nSPS) is 9.80. The van der Waals surface area contributed by atoms with Gasteiger partial charge in [-0.1, -0.05) is 18.5 Å².